The van der Waals surface area contributed by atoms with E-state index in [0.717, 1.165) is 14.7 Å². The zero-order valence-electron chi connectivity index (χ0n) is 15.6. The van der Waals surface area contributed by atoms with Crippen LogP contribution < -0.4 is 25.6 Å². The molecule has 9 heteroatoms. The average molecular weight is 513 g/mol. The number of methoxy groups -OCH3 is 1. The highest BCUT2D eigenvalue weighted by Gasteiger charge is 2.11. The Morgan fingerprint density at radius 3 is 2.43 bits per heavy atom. The van der Waals surface area contributed by atoms with Crippen molar-refractivity contribution >= 4 is 51.7 Å². The molecule has 0 bridgehead atoms. The van der Waals surface area contributed by atoms with Gasteiger partial charge in [0.15, 0.2) is 11.7 Å². The third kappa shape index (κ3) is 6.34. The van der Waals surface area contributed by atoms with E-state index in [1.54, 1.807) is 25.3 Å². The molecule has 0 spiro atoms. The highest BCUT2D eigenvalue weighted by Crippen LogP contribution is 2.21. The zero-order valence-corrected chi connectivity index (χ0v) is 18.6. The van der Waals surface area contributed by atoms with E-state index in [9.17, 15) is 9.59 Å². The Hall–Kier alpha value is -2.40. The maximum Gasteiger partial charge on any atom is 0.276 e. The van der Waals surface area contributed by atoms with Crippen molar-refractivity contribution in [2.75, 3.05) is 13.7 Å². The lowest BCUT2D eigenvalue weighted by molar-refractivity contribution is -0.123. The fourth-order valence-electron chi connectivity index (χ4n) is 2.28. The number of amides is 2. The number of thiocarbonyl (C=S) groups is 1. The number of hydrogen-bond acceptors (Lipinski definition) is 5. The van der Waals surface area contributed by atoms with Crippen molar-refractivity contribution < 1.29 is 19.1 Å². The lowest BCUT2D eigenvalue weighted by atomic mass is 10.1. The van der Waals surface area contributed by atoms with Crippen LogP contribution in [0.15, 0.2) is 36.4 Å². The van der Waals surface area contributed by atoms with Crippen molar-refractivity contribution in [3.8, 4) is 11.5 Å². The quantitative estimate of drug-likeness (QED) is 0.324. The lowest BCUT2D eigenvalue weighted by Crippen LogP contribution is -2.49. The monoisotopic (exact) mass is 513 g/mol. The molecule has 0 atom stereocenters. The number of nitrogens with one attached hydrogen (secondary N) is 3. The zero-order chi connectivity index (χ0) is 20.7. The van der Waals surface area contributed by atoms with Crippen LogP contribution >= 0.6 is 34.8 Å². The van der Waals surface area contributed by atoms with Crippen LogP contribution in [0.3, 0.4) is 0 Å². The molecule has 0 saturated heterocycles. The predicted octanol–water partition coefficient (Wildman–Crippen LogP) is 2.63. The highest BCUT2D eigenvalue weighted by atomic mass is 127. The third-order valence-electron chi connectivity index (χ3n) is 3.65. The van der Waals surface area contributed by atoms with Gasteiger partial charge in [-0.2, -0.15) is 0 Å². The van der Waals surface area contributed by atoms with Crippen LogP contribution in [0.4, 0.5) is 0 Å². The van der Waals surface area contributed by atoms with E-state index >= 15 is 0 Å². The fourth-order valence-corrected chi connectivity index (χ4v) is 3.16. The summed E-state index contributed by atoms with van der Waals surface area (Å²) in [4.78, 5) is 24.1. The second-order valence-electron chi connectivity index (χ2n) is 5.86. The number of hydrazine groups is 1. The number of carbonyl (C=O) groups is 2. The van der Waals surface area contributed by atoms with Gasteiger partial charge < -0.3 is 9.47 Å². The summed E-state index contributed by atoms with van der Waals surface area (Å²) in [5, 5.41) is 2.46. The van der Waals surface area contributed by atoms with E-state index in [1.165, 1.54) is 0 Å². The van der Waals surface area contributed by atoms with E-state index < -0.39 is 11.8 Å². The summed E-state index contributed by atoms with van der Waals surface area (Å²) < 4.78 is 11.4. The molecule has 0 heterocycles. The first kappa shape index (κ1) is 21.9. The van der Waals surface area contributed by atoms with Crippen LogP contribution in [0.1, 0.15) is 21.5 Å². The van der Waals surface area contributed by atoms with E-state index in [1.807, 2.05) is 32.0 Å². The fraction of sp³-hybridized carbons (Fsp3) is 0.211. The maximum absolute atomic E-state index is 12.2. The molecule has 7 nitrogen and oxygen atoms in total. The Labute approximate surface area is 182 Å². The molecular weight excluding hydrogens is 493 g/mol. The van der Waals surface area contributed by atoms with Gasteiger partial charge in [0.05, 0.1) is 10.7 Å². The van der Waals surface area contributed by atoms with Crippen LogP contribution in [0, 0.1) is 17.4 Å². The minimum Gasteiger partial charge on any atom is -0.496 e. The van der Waals surface area contributed by atoms with Crippen molar-refractivity contribution in [1.82, 2.24) is 16.2 Å². The first-order chi connectivity index (χ1) is 13.3. The molecule has 2 rings (SSSR count). The SMILES string of the molecule is COc1ccc(C(=O)NC(=S)NNC(=O)COc2ccc(C)cc2C)cc1I. The van der Waals surface area contributed by atoms with Crippen molar-refractivity contribution in [3.05, 3.63) is 56.7 Å². The first-order valence-corrected chi connectivity index (χ1v) is 9.72. The van der Waals surface area contributed by atoms with Gasteiger partial charge in [0.1, 0.15) is 11.5 Å². The molecule has 3 N–H and O–H groups in total. The van der Waals surface area contributed by atoms with E-state index in [4.69, 9.17) is 21.7 Å². The molecular formula is C19H20IN3O4S. The van der Waals surface area contributed by atoms with E-state index in [0.29, 0.717) is 17.1 Å². The predicted molar refractivity (Wildman–Crippen MR) is 118 cm³/mol. The summed E-state index contributed by atoms with van der Waals surface area (Å²) in [5.41, 5.74) is 7.32. The molecule has 0 aliphatic carbocycles. The minimum absolute atomic E-state index is 0.0318. The summed E-state index contributed by atoms with van der Waals surface area (Å²) in [6, 6.07) is 10.7. The van der Waals surface area contributed by atoms with Gasteiger partial charge in [-0.3, -0.25) is 25.8 Å². The molecule has 2 aromatic rings. The maximum atomic E-state index is 12.2. The Balaban J connectivity index is 1.79. The summed E-state index contributed by atoms with van der Waals surface area (Å²) >= 11 is 7.09. The molecule has 0 aliphatic rings. The number of halogens is 1. The number of rotatable bonds is 5. The smallest absolute Gasteiger partial charge is 0.276 e. The van der Waals surface area contributed by atoms with Crippen molar-refractivity contribution in [1.29, 1.82) is 0 Å². The first-order valence-electron chi connectivity index (χ1n) is 8.24. The third-order valence-corrected chi connectivity index (χ3v) is 4.69. The van der Waals surface area contributed by atoms with Gasteiger partial charge in [-0.05, 0) is 78.5 Å². The van der Waals surface area contributed by atoms with Crippen LogP contribution in [0.5, 0.6) is 11.5 Å². The number of benzene rings is 2. The lowest BCUT2D eigenvalue weighted by Gasteiger charge is -2.13. The molecule has 0 unspecified atom stereocenters. The largest absolute Gasteiger partial charge is 0.496 e. The van der Waals surface area contributed by atoms with Crippen LogP contribution in [0.25, 0.3) is 0 Å². The van der Waals surface area contributed by atoms with Crippen LogP contribution in [-0.2, 0) is 4.79 Å². The minimum atomic E-state index is -0.435. The summed E-state index contributed by atoms with van der Waals surface area (Å²) in [6.45, 7) is 3.70. The topological polar surface area (TPSA) is 88.7 Å². The summed E-state index contributed by atoms with van der Waals surface area (Å²) in [6.07, 6.45) is 0. The molecule has 0 aliphatic heterocycles. The number of carbonyl (C=O) groups excluding carboxylic acids is 2. The number of ether oxygens (including phenoxy) is 2. The number of hydrogen-bond donors (Lipinski definition) is 3. The van der Waals surface area contributed by atoms with Gasteiger partial charge in [0, 0.05) is 5.56 Å². The second kappa shape index (κ2) is 10.2. The molecule has 2 amide bonds. The molecule has 0 saturated carbocycles. The van der Waals surface area contributed by atoms with Gasteiger partial charge in [0.2, 0.25) is 0 Å². The van der Waals surface area contributed by atoms with E-state index in [-0.39, 0.29) is 11.7 Å². The Morgan fingerprint density at radius 2 is 1.79 bits per heavy atom. The Bertz CT molecular complexity index is 905. The van der Waals surface area contributed by atoms with Crippen molar-refractivity contribution in [2.24, 2.45) is 0 Å². The van der Waals surface area contributed by atoms with Crippen LogP contribution in [-0.4, -0.2) is 30.6 Å². The highest BCUT2D eigenvalue weighted by molar-refractivity contribution is 14.1. The Kier molecular flexibility index (Phi) is 8.00. The summed E-state index contributed by atoms with van der Waals surface area (Å²) in [7, 11) is 1.56. The second-order valence-corrected chi connectivity index (χ2v) is 7.43. The van der Waals surface area contributed by atoms with Crippen LogP contribution in [0.2, 0.25) is 0 Å². The van der Waals surface area contributed by atoms with E-state index in [2.05, 4.69) is 38.8 Å². The van der Waals surface area contributed by atoms with Gasteiger partial charge in [-0.1, -0.05) is 17.7 Å². The van der Waals surface area contributed by atoms with Gasteiger partial charge in [-0.15, -0.1) is 0 Å². The normalized spacial score (nSPS) is 10.0. The van der Waals surface area contributed by atoms with Crippen molar-refractivity contribution in [2.45, 2.75) is 13.8 Å². The molecule has 0 radical (unpaired) electrons. The molecule has 2 aromatic carbocycles. The average Bonchev–Trinajstić information content (AvgIpc) is 2.65. The standard InChI is InChI=1S/C19H20IN3O4S/c1-11-4-6-15(12(2)8-11)27-10-17(24)22-23-19(28)21-18(25)13-5-7-16(26-3)14(20)9-13/h4-9H,10H2,1-3H3,(H,22,24)(H2,21,23,25,28). The van der Waals surface area contributed by atoms with Gasteiger partial charge in [-0.25, -0.2) is 0 Å². The molecule has 0 fully saturated rings. The molecule has 0 aromatic heterocycles. The molecule has 148 valence electrons. The van der Waals surface area contributed by atoms with Gasteiger partial charge in [0.25, 0.3) is 11.8 Å². The number of aryl methyl sites for hydroxylation is 2. The van der Waals surface area contributed by atoms with Crippen molar-refractivity contribution in [3.63, 3.8) is 0 Å². The summed E-state index contributed by atoms with van der Waals surface area (Å²) in [5.74, 6) is 0.467. The molecule has 28 heavy (non-hydrogen) atoms. The van der Waals surface area contributed by atoms with Gasteiger partial charge >= 0.3 is 0 Å². The Morgan fingerprint density at radius 1 is 1.07 bits per heavy atom.